The SMILES string of the molecule is COc1cccc(OC)c1-c1sc(C#N)c(N)c1C. The highest BCUT2D eigenvalue weighted by Crippen LogP contribution is 2.46. The standard InChI is InChI=1S/C14H14N2O2S/c1-8-13(16)11(7-15)19-14(8)12-9(17-2)5-4-6-10(12)18-3/h4-6H,16H2,1-3H3. The molecule has 4 nitrogen and oxygen atoms in total. The molecule has 0 aliphatic carbocycles. The van der Waals surface area contributed by atoms with Crippen LogP contribution in [0.25, 0.3) is 10.4 Å². The molecular weight excluding hydrogens is 260 g/mol. The number of nitrogen functional groups attached to an aromatic ring is 1. The Balaban J connectivity index is 2.75. The average molecular weight is 274 g/mol. The zero-order valence-corrected chi connectivity index (χ0v) is 11.8. The molecule has 1 aromatic carbocycles. The number of nitrogens with two attached hydrogens (primary N) is 1. The van der Waals surface area contributed by atoms with Crippen molar-refractivity contribution in [3.63, 3.8) is 0 Å². The summed E-state index contributed by atoms with van der Waals surface area (Å²) in [5.41, 5.74) is 8.18. The normalized spacial score (nSPS) is 10.0. The summed E-state index contributed by atoms with van der Waals surface area (Å²) < 4.78 is 10.8. The van der Waals surface area contributed by atoms with E-state index in [-0.39, 0.29) is 0 Å². The van der Waals surface area contributed by atoms with Crippen LogP contribution in [0, 0.1) is 18.3 Å². The Morgan fingerprint density at radius 2 is 1.79 bits per heavy atom. The van der Waals surface area contributed by atoms with Crippen molar-refractivity contribution in [2.75, 3.05) is 20.0 Å². The van der Waals surface area contributed by atoms with E-state index in [1.54, 1.807) is 14.2 Å². The molecule has 0 unspecified atom stereocenters. The fourth-order valence-electron chi connectivity index (χ4n) is 1.92. The molecule has 1 heterocycles. The highest BCUT2D eigenvalue weighted by atomic mass is 32.1. The van der Waals surface area contributed by atoms with Crippen LogP contribution in [0.1, 0.15) is 10.4 Å². The van der Waals surface area contributed by atoms with Gasteiger partial charge in [-0.1, -0.05) is 6.07 Å². The lowest BCUT2D eigenvalue weighted by molar-refractivity contribution is 0.397. The van der Waals surface area contributed by atoms with Gasteiger partial charge in [0, 0.05) is 4.88 Å². The zero-order valence-electron chi connectivity index (χ0n) is 11.0. The monoisotopic (exact) mass is 274 g/mol. The third-order valence-electron chi connectivity index (χ3n) is 2.95. The van der Waals surface area contributed by atoms with Crippen molar-refractivity contribution in [1.29, 1.82) is 5.26 Å². The number of methoxy groups -OCH3 is 2. The number of nitriles is 1. The van der Waals surface area contributed by atoms with Crippen LogP contribution in [-0.2, 0) is 0 Å². The number of nitrogens with zero attached hydrogens (tertiary/aromatic N) is 1. The number of ether oxygens (including phenoxy) is 2. The van der Waals surface area contributed by atoms with Crippen molar-refractivity contribution in [1.82, 2.24) is 0 Å². The van der Waals surface area contributed by atoms with Gasteiger partial charge in [0.2, 0.25) is 0 Å². The molecule has 2 N–H and O–H groups in total. The van der Waals surface area contributed by atoms with E-state index in [2.05, 4.69) is 6.07 Å². The molecule has 19 heavy (non-hydrogen) atoms. The Hall–Kier alpha value is -2.19. The van der Waals surface area contributed by atoms with Crippen molar-refractivity contribution < 1.29 is 9.47 Å². The second-order valence-corrected chi connectivity index (χ2v) is 4.97. The zero-order chi connectivity index (χ0) is 14.0. The summed E-state index contributed by atoms with van der Waals surface area (Å²) in [6.07, 6.45) is 0. The van der Waals surface area contributed by atoms with E-state index in [1.165, 1.54) is 11.3 Å². The van der Waals surface area contributed by atoms with Gasteiger partial charge < -0.3 is 15.2 Å². The minimum atomic E-state index is 0.514. The fraction of sp³-hybridized carbons (Fsp3) is 0.214. The summed E-state index contributed by atoms with van der Waals surface area (Å²) in [4.78, 5) is 1.42. The van der Waals surface area contributed by atoms with Gasteiger partial charge in [0.05, 0.1) is 25.5 Å². The first kappa shape index (κ1) is 13.2. The molecule has 1 aromatic heterocycles. The number of rotatable bonds is 3. The minimum absolute atomic E-state index is 0.514. The predicted octanol–water partition coefficient (Wildman–Crippen LogP) is 3.19. The molecule has 98 valence electrons. The third kappa shape index (κ3) is 2.11. The maximum atomic E-state index is 9.07. The molecule has 0 radical (unpaired) electrons. The van der Waals surface area contributed by atoms with Crippen molar-refractivity contribution in [2.45, 2.75) is 6.92 Å². The first-order chi connectivity index (χ1) is 9.13. The second kappa shape index (κ2) is 5.21. The fourth-order valence-corrected chi connectivity index (χ4v) is 3.00. The van der Waals surface area contributed by atoms with Crippen LogP contribution in [0.4, 0.5) is 5.69 Å². The minimum Gasteiger partial charge on any atom is -0.496 e. The molecule has 0 atom stereocenters. The van der Waals surface area contributed by atoms with E-state index in [0.29, 0.717) is 22.1 Å². The van der Waals surface area contributed by atoms with Gasteiger partial charge in [-0.3, -0.25) is 0 Å². The Kier molecular flexibility index (Phi) is 3.63. The highest BCUT2D eigenvalue weighted by Gasteiger charge is 2.20. The van der Waals surface area contributed by atoms with Crippen LogP contribution >= 0.6 is 11.3 Å². The molecule has 0 aliphatic heterocycles. The summed E-state index contributed by atoms with van der Waals surface area (Å²) in [5, 5.41) is 9.07. The average Bonchev–Trinajstić information content (AvgIpc) is 2.73. The van der Waals surface area contributed by atoms with Crippen LogP contribution in [0.2, 0.25) is 0 Å². The molecule has 2 aromatic rings. The Morgan fingerprint density at radius 3 is 2.21 bits per heavy atom. The molecule has 0 saturated heterocycles. The second-order valence-electron chi connectivity index (χ2n) is 3.95. The van der Waals surface area contributed by atoms with E-state index in [0.717, 1.165) is 16.0 Å². The largest absolute Gasteiger partial charge is 0.496 e. The summed E-state index contributed by atoms with van der Waals surface area (Å²) >= 11 is 1.35. The first-order valence-electron chi connectivity index (χ1n) is 5.64. The number of thiophene rings is 1. The third-order valence-corrected chi connectivity index (χ3v) is 4.18. The van der Waals surface area contributed by atoms with E-state index in [4.69, 9.17) is 20.5 Å². The lowest BCUT2D eigenvalue weighted by Gasteiger charge is -2.12. The summed E-state index contributed by atoms with van der Waals surface area (Å²) in [6, 6.07) is 7.69. The summed E-state index contributed by atoms with van der Waals surface area (Å²) in [7, 11) is 3.21. The van der Waals surface area contributed by atoms with Crippen LogP contribution in [0.3, 0.4) is 0 Å². The van der Waals surface area contributed by atoms with Gasteiger partial charge in [-0.05, 0) is 24.6 Å². The molecule has 0 bridgehead atoms. The number of benzene rings is 1. The lowest BCUT2D eigenvalue weighted by atomic mass is 10.1. The summed E-state index contributed by atoms with van der Waals surface area (Å²) in [6.45, 7) is 1.90. The number of hydrogen-bond donors (Lipinski definition) is 1. The molecule has 0 aliphatic rings. The van der Waals surface area contributed by atoms with Gasteiger partial charge in [-0.25, -0.2) is 0 Å². The van der Waals surface area contributed by atoms with E-state index in [1.807, 2.05) is 25.1 Å². The van der Waals surface area contributed by atoms with Crippen molar-refractivity contribution in [3.05, 3.63) is 28.6 Å². The van der Waals surface area contributed by atoms with Gasteiger partial charge in [0.15, 0.2) is 0 Å². The van der Waals surface area contributed by atoms with Gasteiger partial charge in [0.1, 0.15) is 22.4 Å². The van der Waals surface area contributed by atoms with E-state index >= 15 is 0 Å². The van der Waals surface area contributed by atoms with Crippen LogP contribution in [-0.4, -0.2) is 14.2 Å². The predicted molar refractivity (Wildman–Crippen MR) is 76.7 cm³/mol. The Bertz CT molecular complexity index is 634. The maximum absolute atomic E-state index is 9.07. The highest BCUT2D eigenvalue weighted by molar-refractivity contribution is 7.17. The molecule has 0 fully saturated rings. The molecule has 5 heteroatoms. The number of hydrogen-bond acceptors (Lipinski definition) is 5. The molecule has 0 spiro atoms. The van der Waals surface area contributed by atoms with Crippen molar-refractivity contribution in [3.8, 4) is 28.0 Å². The Morgan fingerprint density at radius 1 is 1.21 bits per heavy atom. The first-order valence-corrected chi connectivity index (χ1v) is 6.46. The van der Waals surface area contributed by atoms with E-state index in [9.17, 15) is 0 Å². The molecular formula is C14H14N2O2S. The smallest absolute Gasteiger partial charge is 0.131 e. The topological polar surface area (TPSA) is 68.3 Å². The van der Waals surface area contributed by atoms with Gasteiger partial charge >= 0.3 is 0 Å². The quantitative estimate of drug-likeness (QED) is 0.933. The van der Waals surface area contributed by atoms with Crippen molar-refractivity contribution >= 4 is 17.0 Å². The van der Waals surface area contributed by atoms with E-state index < -0.39 is 0 Å². The maximum Gasteiger partial charge on any atom is 0.131 e. The molecule has 2 rings (SSSR count). The van der Waals surface area contributed by atoms with Crippen LogP contribution in [0.15, 0.2) is 18.2 Å². The van der Waals surface area contributed by atoms with Gasteiger partial charge in [0.25, 0.3) is 0 Å². The Labute approximate surface area is 116 Å². The molecule has 0 amide bonds. The van der Waals surface area contributed by atoms with Gasteiger partial charge in [-0.2, -0.15) is 5.26 Å². The number of anilines is 1. The van der Waals surface area contributed by atoms with Crippen molar-refractivity contribution in [2.24, 2.45) is 0 Å². The van der Waals surface area contributed by atoms with Crippen LogP contribution in [0.5, 0.6) is 11.5 Å². The molecule has 0 saturated carbocycles. The lowest BCUT2D eigenvalue weighted by Crippen LogP contribution is -1.93. The summed E-state index contributed by atoms with van der Waals surface area (Å²) in [5.74, 6) is 1.40. The van der Waals surface area contributed by atoms with Crippen LogP contribution < -0.4 is 15.2 Å². The van der Waals surface area contributed by atoms with Gasteiger partial charge in [-0.15, -0.1) is 11.3 Å².